The minimum Gasteiger partial charge on any atom is -0.373 e. The van der Waals surface area contributed by atoms with Gasteiger partial charge in [0.05, 0.1) is 17.8 Å². The molecule has 0 spiro atoms. The number of hydrogen-bond acceptors (Lipinski definition) is 5. The quantitative estimate of drug-likeness (QED) is 0.900. The number of morpholine rings is 1. The Morgan fingerprint density at radius 1 is 1.28 bits per heavy atom. The van der Waals surface area contributed by atoms with Crippen LogP contribution in [0.2, 0.25) is 0 Å². The van der Waals surface area contributed by atoms with Crippen LogP contribution in [0.15, 0.2) is 18.3 Å². The van der Waals surface area contributed by atoms with Crippen LogP contribution < -0.4 is 10.2 Å². The molecule has 2 atom stereocenters. The van der Waals surface area contributed by atoms with Crippen molar-refractivity contribution in [1.29, 1.82) is 0 Å². The van der Waals surface area contributed by atoms with Crippen LogP contribution in [0.1, 0.15) is 37.0 Å². The first-order valence-corrected chi connectivity index (χ1v) is 9.36. The Balaban J connectivity index is 1.56. The molecule has 0 bridgehead atoms. The molecule has 0 aliphatic carbocycles. The van der Waals surface area contributed by atoms with Crippen molar-refractivity contribution in [2.24, 2.45) is 5.92 Å². The standard InChI is InChI=1S/C19H30N4O2/c1-14-11-22(12-15(2)25-14)13-16-6-9-23(10-7-16)18-17(19(24)20-3)5-4-8-21-18/h4-5,8,14-16H,6-7,9-13H2,1-3H3,(H,20,24). The number of ether oxygens (including phenoxy) is 1. The molecule has 0 radical (unpaired) electrons. The van der Waals surface area contributed by atoms with Gasteiger partial charge in [0.25, 0.3) is 5.91 Å². The largest absolute Gasteiger partial charge is 0.373 e. The number of amides is 1. The molecule has 1 aromatic heterocycles. The van der Waals surface area contributed by atoms with Gasteiger partial charge in [0.1, 0.15) is 5.82 Å². The third-order valence-electron chi connectivity index (χ3n) is 5.18. The van der Waals surface area contributed by atoms with Crippen molar-refractivity contribution >= 4 is 11.7 Å². The molecule has 6 nitrogen and oxygen atoms in total. The fourth-order valence-corrected chi connectivity index (χ4v) is 4.09. The number of carbonyl (C=O) groups is 1. The lowest BCUT2D eigenvalue weighted by Crippen LogP contribution is -2.48. The maximum atomic E-state index is 12.1. The van der Waals surface area contributed by atoms with Gasteiger partial charge in [0, 0.05) is 46.0 Å². The first-order valence-electron chi connectivity index (χ1n) is 9.36. The predicted molar refractivity (Wildman–Crippen MR) is 99.0 cm³/mol. The Labute approximate surface area is 150 Å². The second-order valence-corrected chi connectivity index (χ2v) is 7.36. The van der Waals surface area contributed by atoms with E-state index in [0.717, 1.165) is 51.4 Å². The zero-order valence-corrected chi connectivity index (χ0v) is 15.6. The highest BCUT2D eigenvalue weighted by Crippen LogP contribution is 2.26. The number of carbonyl (C=O) groups excluding carboxylic acids is 1. The average Bonchev–Trinajstić information content (AvgIpc) is 2.61. The Bertz CT molecular complexity index is 577. The van der Waals surface area contributed by atoms with Crippen LogP contribution >= 0.6 is 0 Å². The van der Waals surface area contributed by atoms with Crippen LogP contribution in [0.25, 0.3) is 0 Å². The minimum atomic E-state index is -0.0680. The maximum absolute atomic E-state index is 12.1. The van der Waals surface area contributed by atoms with E-state index in [-0.39, 0.29) is 5.91 Å². The summed E-state index contributed by atoms with van der Waals surface area (Å²) in [7, 11) is 1.66. The number of aromatic nitrogens is 1. The predicted octanol–water partition coefficient (Wildman–Crippen LogP) is 1.77. The maximum Gasteiger partial charge on any atom is 0.254 e. The van der Waals surface area contributed by atoms with Crippen molar-refractivity contribution in [3.05, 3.63) is 23.9 Å². The van der Waals surface area contributed by atoms with Gasteiger partial charge in [-0.3, -0.25) is 9.69 Å². The van der Waals surface area contributed by atoms with Crippen molar-refractivity contribution in [3.63, 3.8) is 0 Å². The summed E-state index contributed by atoms with van der Waals surface area (Å²) in [5.74, 6) is 1.45. The van der Waals surface area contributed by atoms with Gasteiger partial charge in [-0.05, 0) is 44.7 Å². The van der Waals surface area contributed by atoms with Gasteiger partial charge in [-0.15, -0.1) is 0 Å². The molecule has 2 unspecified atom stereocenters. The fraction of sp³-hybridized carbons (Fsp3) is 0.684. The summed E-state index contributed by atoms with van der Waals surface area (Å²) in [6.07, 6.45) is 4.71. The van der Waals surface area contributed by atoms with E-state index >= 15 is 0 Å². The Hall–Kier alpha value is -1.66. The van der Waals surface area contributed by atoms with Gasteiger partial charge >= 0.3 is 0 Å². The lowest BCUT2D eigenvalue weighted by molar-refractivity contribution is -0.0720. The molecule has 3 rings (SSSR count). The number of hydrogen-bond donors (Lipinski definition) is 1. The summed E-state index contributed by atoms with van der Waals surface area (Å²) in [5, 5.41) is 2.71. The van der Waals surface area contributed by atoms with Crippen molar-refractivity contribution in [3.8, 4) is 0 Å². The Morgan fingerprint density at radius 3 is 2.60 bits per heavy atom. The highest BCUT2D eigenvalue weighted by atomic mass is 16.5. The second kappa shape index (κ2) is 8.15. The van der Waals surface area contributed by atoms with Crippen LogP contribution in [-0.4, -0.2) is 67.8 Å². The molecular formula is C19H30N4O2. The summed E-state index contributed by atoms with van der Waals surface area (Å²) in [4.78, 5) is 21.3. The van der Waals surface area contributed by atoms with Crippen LogP contribution in [-0.2, 0) is 4.74 Å². The summed E-state index contributed by atoms with van der Waals surface area (Å²) in [6.45, 7) is 9.45. The molecule has 0 aromatic carbocycles. The molecule has 2 saturated heterocycles. The van der Waals surface area contributed by atoms with Gasteiger partial charge in [0.15, 0.2) is 0 Å². The highest BCUT2D eigenvalue weighted by Gasteiger charge is 2.28. The number of piperidine rings is 1. The van der Waals surface area contributed by atoms with Gasteiger partial charge < -0.3 is 15.0 Å². The van der Waals surface area contributed by atoms with E-state index in [0.29, 0.717) is 23.7 Å². The molecule has 3 heterocycles. The molecule has 1 N–H and O–H groups in total. The summed E-state index contributed by atoms with van der Waals surface area (Å²) in [6, 6.07) is 3.67. The Morgan fingerprint density at radius 2 is 1.96 bits per heavy atom. The smallest absolute Gasteiger partial charge is 0.254 e. The lowest BCUT2D eigenvalue weighted by Gasteiger charge is -2.40. The topological polar surface area (TPSA) is 57.7 Å². The number of pyridine rings is 1. The van der Waals surface area contributed by atoms with E-state index in [9.17, 15) is 4.79 Å². The average molecular weight is 346 g/mol. The third kappa shape index (κ3) is 4.50. The van der Waals surface area contributed by atoms with E-state index in [1.807, 2.05) is 12.1 Å². The van der Waals surface area contributed by atoms with Crippen LogP contribution in [0.4, 0.5) is 5.82 Å². The minimum absolute atomic E-state index is 0.0680. The van der Waals surface area contributed by atoms with E-state index in [1.165, 1.54) is 0 Å². The van der Waals surface area contributed by atoms with Gasteiger partial charge in [-0.1, -0.05) is 0 Å². The van der Waals surface area contributed by atoms with E-state index < -0.39 is 0 Å². The number of anilines is 1. The number of rotatable bonds is 4. The van der Waals surface area contributed by atoms with Gasteiger partial charge in [-0.25, -0.2) is 4.98 Å². The number of nitrogens with one attached hydrogen (secondary N) is 1. The van der Waals surface area contributed by atoms with Crippen LogP contribution in [0.3, 0.4) is 0 Å². The summed E-state index contributed by atoms with van der Waals surface area (Å²) < 4.78 is 5.83. The van der Waals surface area contributed by atoms with Crippen molar-refractivity contribution in [2.75, 3.05) is 44.7 Å². The molecule has 2 fully saturated rings. The lowest BCUT2D eigenvalue weighted by atomic mass is 9.95. The van der Waals surface area contributed by atoms with Crippen molar-refractivity contribution < 1.29 is 9.53 Å². The zero-order valence-electron chi connectivity index (χ0n) is 15.6. The molecule has 25 heavy (non-hydrogen) atoms. The first kappa shape index (κ1) is 18.1. The molecule has 138 valence electrons. The highest BCUT2D eigenvalue weighted by molar-refractivity contribution is 5.98. The van der Waals surface area contributed by atoms with E-state index in [1.54, 1.807) is 13.2 Å². The SMILES string of the molecule is CNC(=O)c1cccnc1N1CCC(CN2CC(C)OC(C)C2)CC1. The van der Waals surface area contributed by atoms with Gasteiger partial charge in [-0.2, -0.15) is 0 Å². The number of nitrogens with zero attached hydrogens (tertiary/aromatic N) is 3. The van der Waals surface area contributed by atoms with E-state index in [4.69, 9.17) is 4.74 Å². The summed E-state index contributed by atoms with van der Waals surface area (Å²) in [5.41, 5.74) is 0.666. The van der Waals surface area contributed by atoms with Crippen molar-refractivity contribution in [1.82, 2.24) is 15.2 Å². The van der Waals surface area contributed by atoms with Crippen LogP contribution in [0, 0.1) is 5.92 Å². The second-order valence-electron chi connectivity index (χ2n) is 7.36. The normalized spacial score (nSPS) is 25.8. The molecule has 0 saturated carbocycles. The molecule has 1 aromatic rings. The van der Waals surface area contributed by atoms with Crippen LogP contribution in [0.5, 0.6) is 0 Å². The van der Waals surface area contributed by atoms with Crippen molar-refractivity contribution in [2.45, 2.75) is 38.9 Å². The van der Waals surface area contributed by atoms with E-state index in [2.05, 4.69) is 33.9 Å². The molecular weight excluding hydrogens is 316 g/mol. The molecule has 2 aliphatic rings. The molecule has 2 aliphatic heterocycles. The first-order chi connectivity index (χ1) is 12.1. The fourth-order valence-electron chi connectivity index (χ4n) is 4.09. The summed E-state index contributed by atoms with van der Waals surface area (Å²) >= 11 is 0. The molecule has 1 amide bonds. The van der Waals surface area contributed by atoms with Gasteiger partial charge in [0.2, 0.25) is 0 Å². The zero-order chi connectivity index (χ0) is 17.8. The monoisotopic (exact) mass is 346 g/mol. The Kier molecular flexibility index (Phi) is 5.91. The molecule has 6 heteroatoms. The third-order valence-corrected chi connectivity index (χ3v) is 5.18.